The average Bonchev–Trinajstić information content (AvgIpc) is 2.57. The van der Waals surface area contributed by atoms with Crippen LogP contribution in [0, 0.1) is 0 Å². The van der Waals surface area contributed by atoms with Crippen LogP contribution in [-0.4, -0.2) is 32.4 Å². The topological polar surface area (TPSA) is 115 Å². The molecule has 0 amide bonds. The predicted molar refractivity (Wildman–Crippen MR) is 92.8 cm³/mol. The van der Waals surface area contributed by atoms with Crippen LogP contribution in [0.1, 0.15) is 30.4 Å². The Morgan fingerprint density at radius 3 is 1.36 bits per heavy atom. The van der Waals surface area contributed by atoms with E-state index in [1.165, 1.54) is 11.1 Å². The summed E-state index contributed by atoms with van der Waals surface area (Å²) in [5.74, 6) is -1.64. The molecule has 0 unspecified atom stereocenters. The van der Waals surface area contributed by atoms with E-state index in [9.17, 15) is 19.8 Å². The zero-order chi connectivity index (χ0) is 18.8. The second kappa shape index (κ2) is 9.77. The largest absolute Gasteiger partial charge is 0.508 e. The number of benzene rings is 2. The van der Waals surface area contributed by atoms with E-state index in [1.807, 2.05) is 24.3 Å². The lowest BCUT2D eigenvalue weighted by atomic mass is 9.89. The van der Waals surface area contributed by atoms with Crippen molar-refractivity contribution >= 4 is 11.9 Å². The molecule has 0 aromatic heterocycles. The van der Waals surface area contributed by atoms with Crippen LogP contribution in [0.25, 0.3) is 0 Å². The molecule has 0 spiro atoms. The van der Waals surface area contributed by atoms with Gasteiger partial charge in [0.2, 0.25) is 0 Å². The van der Waals surface area contributed by atoms with Crippen LogP contribution in [0.4, 0.5) is 0 Å². The van der Waals surface area contributed by atoms with E-state index in [0.29, 0.717) is 18.1 Å². The average molecular weight is 344 g/mol. The molecule has 0 atom stereocenters. The van der Waals surface area contributed by atoms with Crippen molar-refractivity contribution in [3.05, 3.63) is 71.8 Å². The smallest absolute Gasteiger partial charge is 0.328 e. The van der Waals surface area contributed by atoms with Crippen LogP contribution < -0.4 is 0 Å². The van der Waals surface area contributed by atoms with Crippen LogP contribution in [0.5, 0.6) is 11.5 Å². The molecule has 0 aliphatic heterocycles. The van der Waals surface area contributed by atoms with Crippen molar-refractivity contribution in [3.8, 4) is 11.5 Å². The van der Waals surface area contributed by atoms with E-state index in [0.717, 1.165) is 6.42 Å². The number of aromatic hydroxyl groups is 2. The highest BCUT2D eigenvalue weighted by Gasteiger charge is 2.11. The maximum absolute atomic E-state index is 9.55. The van der Waals surface area contributed by atoms with Gasteiger partial charge in [-0.25, -0.2) is 9.59 Å². The Labute approximate surface area is 145 Å². The summed E-state index contributed by atoms with van der Waals surface area (Å²) in [6.45, 7) is 2.13. The van der Waals surface area contributed by atoms with Gasteiger partial charge < -0.3 is 20.4 Å². The number of rotatable bonds is 5. The maximum atomic E-state index is 9.55. The van der Waals surface area contributed by atoms with Gasteiger partial charge in [-0.15, -0.1) is 0 Å². The number of carboxylic acids is 2. The molecule has 25 heavy (non-hydrogen) atoms. The first-order valence-electron chi connectivity index (χ1n) is 7.55. The van der Waals surface area contributed by atoms with Gasteiger partial charge in [0.05, 0.1) is 0 Å². The summed E-state index contributed by atoms with van der Waals surface area (Å²) in [4.78, 5) is 19.1. The first-order chi connectivity index (χ1) is 11.8. The fourth-order valence-electron chi connectivity index (χ4n) is 2.22. The molecule has 2 aromatic rings. The lowest BCUT2D eigenvalue weighted by molar-refractivity contribution is -0.134. The molecule has 0 fully saturated rings. The van der Waals surface area contributed by atoms with Gasteiger partial charge in [0, 0.05) is 18.1 Å². The molecule has 6 nitrogen and oxygen atoms in total. The molecule has 0 aliphatic rings. The lowest BCUT2D eigenvalue weighted by Gasteiger charge is -2.16. The van der Waals surface area contributed by atoms with Gasteiger partial charge in [-0.1, -0.05) is 31.2 Å². The number of hydrogen-bond acceptors (Lipinski definition) is 4. The van der Waals surface area contributed by atoms with Crippen molar-refractivity contribution in [1.29, 1.82) is 0 Å². The zero-order valence-corrected chi connectivity index (χ0v) is 13.7. The van der Waals surface area contributed by atoms with E-state index >= 15 is 0 Å². The minimum absolute atomic E-state index is 0.286. The van der Waals surface area contributed by atoms with Crippen molar-refractivity contribution in [3.63, 3.8) is 0 Å². The third-order valence-electron chi connectivity index (χ3n) is 3.37. The monoisotopic (exact) mass is 344 g/mol. The van der Waals surface area contributed by atoms with E-state index in [4.69, 9.17) is 10.2 Å². The summed E-state index contributed by atoms with van der Waals surface area (Å²) < 4.78 is 0. The van der Waals surface area contributed by atoms with Crippen LogP contribution in [0.15, 0.2) is 60.7 Å². The number of phenols is 2. The Hall–Kier alpha value is -3.28. The van der Waals surface area contributed by atoms with Gasteiger partial charge in [0.1, 0.15) is 11.5 Å². The fourth-order valence-corrected chi connectivity index (χ4v) is 2.22. The summed E-state index contributed by atoms with van der Waals surface area (Å²) in [7, 11) is 0. The molecule has 0 heterocycles. The summed E-state index contributed by atoms with van der Waals surface area (Å²) in [6, 6.07) is 14.6. The Morgan fingerprint density at radius 2 is 1.12 bits per heavy atom. The SMILES string of the molecule is CCC(c1ccc(O)cc1)c1ccc(O)cc1.O=C(O)/C=C/C(=O)O. The summed E-state index contributed by atoms with van der Waals surface area (Å²) in [6.07, 6.45) is 2.10. The number of phenolic OH excluding ortho intramolecular Hbond substituents is 2. The Morgan fingerprint density at radius 1 is 0.800 bits per heavy atom. The highest BCUT2D eigenvalue weighted by molar-refractivity contribution is 5.89. The normalized spacial score (nSPS) is 10.3. The van der Waals surface area contributed by atoms with Gasteiger partial charge in [0.15, 0.2) is 0 Å². The number of hydrogen-bond donors (Lipinski definition) is 4. The molecule has 0 bridgehead atoms. The van der Waals surface area contributed by atoms with Crippen molar-refractivity contribution in [1.82, 2.24) is 0 Å². The molecule has 2 aromatic carbocycles. The van der Waals surface area contributed by atoms with Crippen molar-refractivity contribution < 1.29 is 30.0 Å². The van der Waals surface area contributed by atoms with E-state index in [-0.39, 0.29) is 11.5 Å². The van der Waals surface area contributed by atoms with Crippen LogP contribution in [0.3, 0.4) is 0 Å². The summed E-state index contributed by atoms with van der Waals surface area (Å²) in [5, 5.41) is 34.2. The Balaban J connectivity index is 0.000000333. The van der Waals surface area contributed by atoms with Crippen molar-refractivity contribution in [2.75, 3.05) is 0 Å². The molecule has 4 N–H and O–H groups in total. The predicted octanol–water partition coefficient (Wildman–Crippen LogP) is 3.35. The van der Waals surface area contributed by atoms with Gasteiger partial charge in [0.25, 0.3) is 0 Å². The lowest BCUT2D eigenvalue weighted by Crippen LogP contribution is -1.98. The summed E-state index contributed by atoms with van der Waals surface area (Å²) in [5.41, 5.74) is 2.35. The van der Waals surface area contributed by atoms with Crippen LogP contribution in [-0.2, 0) is 9.59 Å². The number of carboxylic acid groups (broad SMARTS) is 2. The standard InChI is InChI=1S/C15H16O2.C4H4O4/c1-2-15(11-3-7-13(16)8-4-11)12-5-9-14(17)10-6-12;5-3(6)1-2-4(7)8/h3-10,15-17H,2H2,1H3;1-2H,(H,5,6)(H,7,8)/b;2-1+. The summed E-state index contributed by atoms with van der Waals surface area (Å²) >= 11 is 0. The zero-order valence-electron chi connectivity index (χ0n) is 13.7. The van der Waals surface area contributed by atoms with Crippen molar-refractivity contribution in [2.45, 2.75) is 19.3 Å². The minimum atomic E-state index is -1.26. The Kier molecular flexibility index (Phi) is 7.72. The number of carbonyl (C=O) groups is 2. The molecule has 132 valence electrons. The molecular formula is C19H20O6. The fraction of sp³-hybridized carbons (Fsp3) is 0.158. The van der Waals surface area contributed by atoms with E-state index in [1.54, 1.807) is 24.3 Å². The van der Waals surface area contributed by atoms with Crippen LogP contribution >= 0.6 is 0 Å². The van der Waals surface area contributed by atoms with Gasteiger partial charge in [-0.05, 0) is 41.8 Å². The second-order valence-corrected chi connectivity index (χ2v) is 5.15. The van der Waals surface area contributed by atoms with E-state index < -0.39 is 11.9 Å². The highest BCUT2D eigenvalue weighted by atomic mass is 16.4. The molecule has 0 saturated heterocycles. The third-order valence-corrected chi connectivity index (χ3v) is 3.37. The molecule has 0 radical (unpaired) electrons. The molecule has 0 saturated carbocycles. The first kappa shape index (κ1) is 19.8. The van der Waals surface area contributed by atoms with Crippen molar-refractivity contribution in [2.24, 2.45) is 0 Å². The number of aliphatic carboxylic acids is 2. The van der Waals surface area contributed by atoms with Gasteiger partial charge in [-0.3, -0.25) is 0 Å². The second-order valence-electron chi connectivity index (χ2n) is 5.15. The van der Waals surface area contributed by atoms with E-state index in [2.05, 4.69) is 6.92 Å². The maximum Gasteiger partial charge on any atom is 0.328 e. The first-order valence-corrected chi connectivity index (χ1v) is 7.55. The molecule has 2 rings (SSSR count). The molecule has 6 heteroatoms. The highest BCUT2D eigenvalue weighted by Crippen LogP contribution is 2.29. The van der Waals surface area contributed by atoms with Gasteiger partial charge >= 0.3 is 11.9 Å². The quantitative estimate of drug-likeness (QED) is 0.618. The molecule has 0 aliphatic carbocycles. The van der Waals surface area contributed by atoms with Crippen LogP contribution in [0.2, 0.25) is 0 Å². The minimum Gasteiger partial charge on any atom is -0.508 e. The third kappa shape index (κ3) is 7.22. The molecular weight excluding hydrogens is 324 g/mol. The van der Waals surface area contributed by atoms with Gasteiger partial charge in [-0.2, -0.15) is 0 Å². The Bertz CT molecular complexity index is 655.